The van der Waals surface area contributed by atoms with Crippen LogP contribution in [0, 0.1) is 12.8 Å². The molecule has 0 fully saturated rings. The molecule has 102 valence electrons. The van der Waals surface area contributed by atoms with E-state index in [1.807, 2.05) is 0 Å². The minimum absolute atomic E-state index is 0.603. The summed E-state index contributed by atoms with van der Waals surface area (Å²) in [5.74, 6) is 0.802. The predicted molar refractivity (Wildman–Crippen MR) is 82.3 cm³/mol. The standard InChI is InChI=1S/C17H29N/c1-6-13(4)12-16(8-3)18-17-14(5)10-9-11-15(17)7-2/h9-11,13,16,18H,6-8,12H2,1-5H3. The molecule has 0 aliphatic carbocycles. The van der Waals surface area contributed by atoms with Gasteiger partial charge >= 0.3 is 0 Å². The normalized spacial score (nSPS) is 14.3. The first-order valence-electron chi connectivity index (χ1n) is 7.47. The van der Waals surface area contributed by atoms with Crippen LogP contribution in [-0.2, 0) is 6.42 Å². The van der Waals surface area contributed by atoms with E-state index in [0.29, 0.717) is 6.04 Å². The Morgan fingerprint density at radius 2 is 1.83 bits per heavy atom. The number of rotatable bonds is 7. The molecule has 1 aromatic rings. The Morgan fingerprint density at radius 1 is 1.11 bits per heavy atom. The number of nitrogens with one attached hydrogen (secondary N) is 1. The Kier molecular flexibility index (Phi) is 6.24. The lowest BCUT2D eigenvalue weighted by atomic mass is 9.96. The van der Waals surface area contributed by atoms with E-state index in [4.69, 9.17) is 0 Å². The first-order valence-corrected chi connectivity index (χ1v) is 7.47. The topological polar surface area (TPSA) is 12.0 Å². The van der Waals surface area contributed by atoms with Gasteiger partial charge in [0.1, 0.15) is 0 Å². The summed E-state index contributed by atoms with van der Waals surface area (Å²) >= 11 is 0. The summed E-state index contributed by atoms with van der Waals surface area (Å²) in [4.78, 5) is 0. The Bertz CT molecular complexity index is 357. The van der Waals surface area contributed by atoms with Gasteiger partial charge in [0.05, 0.1) is 0 Å². The van der Waals surface area contributed by atoms with Crippen LogP contribution in [0.15, 0.2) is 18.2 Å². The van der Waals surface area contributed by atoms with Crippen molar-refractivity contribution in [2.75, 3.05) is 5.32 Å². The largest absolute Gasteiger partial charge is 0.382 e. The molecule has 0 aromatic heterocycles. The Hall–Kier alpha value is -0.980. The van der Waals surface area contributed by atoms with Gasteiger partial charge in [0.15, 0.2) is 0 Å². The molecule has 0 aliphatic rings. The highest BCUT2D eigenvalue weighted by atomic mass is 14.9. The molecule has 0 saturated carbocycles. The van der Waals surface area contributed by atoms with Gasteiger partial charge in [-0.25, -0.2) is 0 Å². The van der Waals surface area contributed by atoms with E-state index in [0.717, 1.165) is 12.3 Å². The highest BCUT2D eigenvalue weighted by Crippen LogP contribution is 2.24. The van der Waals surface area contributed by atoms with Crippen LogP contribution in [0.25, 0.3) is 0 Å². The average molecular weight is 247 g/mol. The van der Waals surface area contributed by atoms with E-state index < -0.39 is 0 Å². The van der Waals surface area contributed by atoms with Gasteiger partial charge in [0.25, 0.3) is 0 Å². The first kappa shape index (κ1) is 15.1. The summed E-state index contributed by atoms with van der Waals surface area (Å²) < 4.78 is 0. The lowest BCUT2D eigenvalue weighted by Crippen LogP contribution is -2.22. The quantitative estimate of drug-likeness (QED) is 0.699. The average Bonchev–Trinajstić information content (AvgIpc) is 2.39. The van der Waals surface area contributed by atoms with Crippen LogP contribution in [0.2, 0.25) is 0 Å². The molecule has 1 nitrogen and oxygen atoms in total. The van der Waals surface area contributed by atoms with E-state index in [1.54, 1.807) is 0 Å². The van der Waals surface area contributed by atoms with Gasteiger partial charge in [-0.2, -0.15) is 0 Å². The maximum atomic E-state index is 3.78. The highest BCUT2D eigenvalue weighted by Gasteiger charge is 2.13. The summed E-state index contributed by atoms with van der Waals surface area (Å²) in [6.45, 7) is 11.3. The van der Waals surface area contributed by atoms with Crippen LogP contribution in [0.5, 0.6) is 0 Å². The lowest BCUT2D eigenvalue weighted by Gasteiger charge is -2.24. The molecule has 0 bridgehead atoms. The van der Waals surface area contributed by atoms with Crippen molar-refractivity contribution >= 4 is 5.69 Å². The van der Waals surface area contributed by atoms with E-state index in [-0.39, 0.29) is 0 Å². The Balaban J connectivity index is 2.81. The minimum atomic E-state index is 0.603. The molecule has 0 aliphatic heterocycles. The summed E-state index contributed by atoms with van der Waals surface area (Å²) in [5.41, 5.74) is 4.18. The van der Waals surface area contributed by atoms with Gasteiger partial charge in [0, 0.05) is 11.7 Å². The molecular formula is C17H29N. The third-order valence-corrected chi connectivity index (χ3v) is 3.97. The van der Waals surface area contributed by atoms with Crippen molar-refractivity contribution in [2.24, 2.45) is 5.92 Å². The zero-order valence-electron chi connectivity index (χ0n) is 12.7. The van der Waals surface area contributed by atoms with Crippen molar-refractivity contribution in [2.45, 2.75) is 66.3 Å². The maximum absolute atomic E-state index is 3.78. The van der Waals surface area contributed by atoms with Crippen molar-refractivity contribution in [3.8, 4) is 0 Å². The van der Waals surface area contributed by atoms with Gasteiger partial charge in [-0.15, -0.1) is 0 Å². The Morgan fingerprint density at radius 3 is 2.39 bits per heavy atom. The van der Waals surface area contributed by atoms with Crippen molar-refractivity contribution in [3.63, 3.8) is 0 Å². The lowest BCUT2D eigenvalue weighted by molar-refractivity contribution is 0.461. The molecule has 1 rings (SSSR count). The molecule has 18 heavy (non-hydrogen) atoms. The fourth-order valence-electron chi connectivity index (χ4n) is 2.41. The second-order valence-corrected chi connectivity index (χ2v) is 5.46. The Labute approximate surface area is 113 Å². The van der Waals surface area contributed by atoms with Gasteiger partial charge in [0.2, 0.25) is 0 Å². The molecular weight excluding hydrogens is 218 g/mol. The van der Waals surface area contributed by atoms with Crippen molar-refractivity contribution in [1.29, 1.82) is 0 Å². The van der Waals surface area contributed by atoms with Gasteiger partial charge in [-0.3, -0.25) is 0 Å². The minimum Gasteiger partial charge on any atom is -0.382 e. The van der Waals surface area contributed by atoms with Crippen LogP contribution in [0.3, 0.4) is 0 Å². The van der Waals surface area contributed by atoms with Crippen LogP contribution < -0.4 is 5.32 Å². The zero-order valence-corrected chi connectivity index (χ0v) is 12.7. The van der Waals surface area contributed by atoms with E-state index >= 15 is 0 Å². The second kappa shape index (κ2) is 7.45. The fraction of sp³-hybridized carbons (Fsp3) is 0.647. The zero-order chi connectivity index (χ0) is 13.5. The molecule has 1 heteroatoms. The molecule has 1 N–H and O–H groups in total. The van der Waals surface area contributed by atoms with Crippen LogP contribution in [-0.4, -0.2) is 6.04 Å². The summed E-state index contributed by atoms with van der Waals surface area (Å²) in [6.07, 6.45) is 4.84. The molecule has 0 amide bonds. The molecule has 0 spiro atoms. The molecule has 0 heterocycles. The molecule has 2 atom stereocenters. The molecule has 2 unspecified atom stereocenters. The molecule has 1 aromatic carbocycles. The molecule has 0 radical (unpaired) electrons. The highest BCUT2D eigenvalue weighted by molar-refractivity contribution is 5.57. The summed E-state index contributed by atoms with van der Waals surface area (Å²) in [6, 6.07) is 7.21. The van der Waals surface area contributed by atoms with Crippen LogP contribution >= 0.6 is 0 Å². The number of aryl methyl sites for hydroxylation is 2. The van der Waals surface area contributed by atoms with Crippen LogP contribution in [0.1, 0.15) is 58.1 Å². The van der Waals surface area contributed by atoms with E-state index in [2.05, 4.69) is 58.1 Å². The number of hydrogen-bond donors (Lipinski definition) is 1. The van der Waals surface area contributed by atoms with Gasteiger partial charge in [-0.1, -0.05) is 52.3 Å². The SMILES string of the molecule is CCc1cccc(C)c1NC(CC)CC(C)CC. The summed E-state index contributed by atoms with van der Waals surface area (Å²) in [5, 5.41) is 3.78. The van der Waals surface area contributed by atoms with E-state index in [9.17, 15) is 0 Å². The number of anilines is 1. The van der Waals surface area contributed by atoms with E-state index in [1.165, 1.54) is 36.1 Å². The number of hydrogen-bond acceptors (Lipinski definition) is 1. The monoisotopic (exact) mass is 247 g/mol. The van der Waals surface area contributed by atoms with Gasteiger partial charge < -0.3 is 5.32 Å². The van der Waals surface area contributed by atoms with Crippen molar-refractivity contribution in [1.82, 2.24) is 0 Å². The smallest absolute Gasteiger partial charge is 0.0404 e. The third kappa shape index (κ3) is 4.04. The fourth-order valence-corrected chi connectivity index (χ4v) is 2.41. The van der Waals surface area contributed by atoms with Crippen molar-refractivity contribution < 1.29 is 0 Å². The van der Waals surface area contributed by atoms with Gasteiger partial charge in [-0.05, 0) is 43.2 Å². The predicted octanol–water partition coefficient (Wildman–Crippen LogP) is 5.18. The number of benzene rings is 1. The molecule has 0 saturated heterocycles. The summed E-state index contributed by atoms with van der Waals surface area (Å²) in [7, 11) is 0. The number of para-hydroxylation sites is 1. The van der Waals surface area contributed by atoms with Crippen molar-refractivity contribution in [3.05, 3.63) is 29.3 Å². The third-order valence-electron chi connectivity index (χ3n) is 3.97. The second-order valence-electron chi connectivity index (χ2n) is 5.46. The maximum Gasteiger partial charge on any atom is 0.0404 e. The first-order chi connectivity index (χ1) is 8.62. The van der Waals surface area contributed by atoms with Crippen LogP contribution in [0.4, 0.5) is 5.69 Å².